The second kappa shape index (κ2) is 6.58. The molecule has 1 saturated heterocycles. The van der Waals surface area contributed by atoms with Gasteiger partial charge in [0, 0.05) is 12.6 Å². The minimum atomic E-state index is 0.242. The summed E-state index contributed by atoms with van der Waals surface area (Å²) in [5, 5.41) is 12.6. The van der Waals surface area contributed by atoms with Crippen LogP contribution < -0.4 is 5.32 Å². The van der Waals surface area contributed by atoms with Crippen LogP contribution in [0.25, 0.3) is 0 Å². The molecule has 0 amide bonds. The Morgan fingerprint density at radius 1 is 1.31 bits per heavy atom. The summed E-state index contributed by atoms with van der Waals surface area (Å²) in [6.07, 6.45) is 3.89. The predicted octanol–water partition coefficient (Wildman–Crippen LogP) is 1.47. The van der Waals surface area contributed by atoms with E-state index in [2.05, 4.69) is 31.0 Å². The SMILES string of the molecule is CCNC(CO)CN1CCCC(C)(C)CC1. The Balaban J connectivity index is 2.36. The second-order valence-electron chi connectivity index (χ2n) is 5.76. The first-order valence-corrected chi connectivity index (χ1v) is 6.64. The molecule has 0 bridgehead atoms. The van der Waals surface area contributed by atoms with Crippen molar-refractivity contribution in [3.63, 3.8) is 0 Å². The molecule has 1 fully saturated rings. The summed E-state index contributed by atoms with van der Waals surface area (Å²) >= 11 is 0. The van der Waals surface area contributed by atoms with Gasteiger partial charge in [-0.2, -0.15) is 0 Å². The lowest BCUT2D eigenvalue weighted by atomic mass is 9.85. The number of hydrogen-bond donors (Lipinski definition) is 2. The summed E-state index contributed by atoms with van der Waals surface area (Å²) < 4.78 is 0. The molecule has 1 aliphatic heterocycles. The van der Waals surface area contributed by atoms with E-state index in [4.69, 9.17) is 0 Å². The Morgan fingerprint density at radius 2 is 2.06 bits per heavy atom. The number of nitrogens with zero attached hydrogens (tertiary/aromatic N) is 1. The quantitative estimate of drug-likeness (QED) is 0.748. The maximum absolute atomic E-state index is 9.27. The highest BCUT2D eigenvalue weighted by atomic mass is 16.3. The minimum Gasteiger partial charge on any atom is -0.395 e. The maximum Gasteiger partial charge on any atom is 0.0597 e. The Morgan fingerprint density at radius 3 is 2.69 bits per heavy atom. The van der Waals surface area contributed by atoms with Crippen LogP contribution in [0.3, 0.4) is 0 Å². The summed E-state index contributed by atoms with van der Waals surface area (Å²) in [4.78, 5) is 2.50. The Labute approximate surface area is 100 Å². The van der Waals surface area contributed by atoms with Crippen LogP contribution in [0.4, 0.5) is 0 Å². The van der Waals surface area contributed by atoms with Crippen LogP contribution in [0, 0.1) is 5.41 Å². The highest BCUT2D eigenvalue weighted by Gasteiger charge is 2.23. The van der Waals surface area contributed by atoms with E-state index in [0.29, 0.717) is 5.41 Å². The normalized spacial score (nSPS) is 24.0. The molecule has 1 atom stereocenters. The molecule has 96 valence electrons. The van der Waals surface area contributed by atoms with Gasteiger partial charge in [-0.05, 0) is 44.3 Å². The van der Waals surface area contributed by atoms with Gasteiger partial charge in [0.25, 0.3) is 0 Å². The fraction of sp³-hybridized carbons (Fsp3) is 1.00. The van der Waals surface area contributed by atoms with E-state index in [0.717, 1.165) is 13.1 Å². The fourth-order valence-electron chi connectivity index (χ4n) is 2.45. The summed E-state index contributed by atoms with van der Waals surface area (Å²) in [5.41, 5.74) is 0.502. The van der Waals surface area contributed by atoms with Crippen LogP contribution in [-0.4, -0.2) is 48.8 Å². The average Bonchev–Trinajstić information content (AvgIpc) is 2.40. The molecule has 2 N–H and O–H groups in total. The Hall–Kier alpha value is -0.120. The minimum absolute atomic E-state index is 0.242. The molecule has 0 aliphatic carbocycles. The van der Waals surface area contributed by atoms with E-state index in [1.54, 1.807) is 0 Å². The monoisotopic (exact) mass is 228 g/mol. The third kappa shape index (κ3) is 4.81. The molecule has 3 nitrogen and oxygen atoms in total. The number of aliphatic hydroxyl groups is 1. The van der Waals surface area contributed by atoms with E-state index in [9.17, 15) is 5.11 Å². The largest absolute Gasteiger partial charge is 0.395 e. The van der Waals surface area contributed by atoms with E-state index in [1.165, 1.54) is 32.4 Å². The van der Waals surface area contributed by atoms with Gasteiger partial charge < -0.3 is 15.3 Å². The molecule has 1 aliphatic rings. The average molecular weight is 228 g/mol. The van der Waals surface area contributed by atoms with Crippen molar-refractivity contribution in [1.82, 2.24) is 10.2 Å². The van der Waals surface area contributed by atoms with Crippen molar-refractivity contribution >= 4 is 0 Å². The molecular formula is C13H28N2O. The molecule has 0 radical (unpaired) electrons. The standard InChI is InChI=1S/C13H28N2O/c1-4-14-12(11-16)10-15-8-5-6-13(2,3)7-9-15/h12,14,16H,4-11H2,1-3H3. The first-order valence-electron chi connectivity index (χ1n) is 6.64. The lowest BCUT2D eigenvalue weighted by Crippen LogP contribution is -2.43. The van der Waals surface area contributed by atoms with Crippen LogP contribution >= 0.6 is 0 Å². The van der Waals surface area contributed by atoms with Gasteiger partial charge in [0.1, 0.15) is 0 Å². The van der Waals surface area contributed by atoms with Crippen molar-refractivity contribution in [1.29, 1.82) is 0 Å². The van der Waals surface area contributed by atoms with Gasteiger partial charge >= 0.3 is 0 Å². The number of nitrogens with one attached hydrogen (secondary N) is 1. The molecule has 0 aromatic heterocycles. The third-order valence-electron chi connectivity index (χ3n) is 3.62. The van der Waals surface area contributed by atoms with Crippen molar-refractivity contribution in [2.45, 2.75) is 46.1 Å². The van der Waals surface area contributed by atoms with Crippen molar-refractivity contribution in [2.75, 3.05) is 32.8 Å². The van der Waals surface area contributed by atoms with Gasteiger partial charge in [0.15, 0.2) is 0 Å². The summed E-state index contributed by atoms with van der Waals surface area (Å²) in [5.74, 6) is 0. The lowest BCUT2D eigenvalue weighted by Gasteiger charge is -2.26. The van der Waals surface area contributed by atoms with Gasteiger partial charge in [0.05, 0.1) is 6.61 Å². The molecule has 0 saturated carbocycles. The molecule has 0 aromatic rings. The van der Waals surface area contributed by atoms with Crippen molar-refractivity contribution in [3.8, 4) is 0 Å². The third-order valence-corrected chi connectivity index (χ3v) is 3.62. The van der Waals surface area contributed by atoms with Crippen molar-refractivity contribution < 1.29 is 5.11 Å². The maximum atomic E-state index is 9.27. The Bertz CT molecular complexity index is 194. The second-order valence-corrected chi connectivity index (χ2v) is 5.76. The smallest absolute Gasteiger partial charge is 0.0597 e. The fourth-order valence-corrected chi connectivity index (χ4v) is 2.45. The van der Waals surface area contributed by atoms with Gasteiger partial charge in [0.2, 0.25) is 0 Å². The summed E-state index contributed by atoms with van der Waals surface area (Å²) in [7, 11) is 0. The van der Waals surface area contributed by atoms with E-state index in [1.807, 2.05) is 0 Å². The van der Waals surface area contributed by atoms with Crippen LogP contribution in [0.15, 0.2) is 0 Å². The van der Waals surface area contributed by atoms with Crippen LogP contribution in [0.1, 0.15) is 40.0 Å². The van der Waals surface area contributed by atoms with Crippen molar-refractivity contribution in [2.24, 2.45) is 5.41 Å². The number of likely N-dealkylation sites (N-methyl/N-ethyl adjacent to an activating group) is 1. The molecule has 1 heterocycles. The van der Waals surface area contributed by atoms with Crippen LogP contribution in [0.2, 0.25) is 0 Å². The van der Waals surface area contributed by atoms with Gasteiger partial charge in [-0.15, -0.1) is 0 Å². The molecule has 1 unspecified atom stereocenters. The summed E-state index contributed by atoms with van der Waals surface area (Å²) in [6.45, 7) is 11.3. The molecule has 16 heavy (non-hydrogen) atoms. The zero-order valence-corrected chi connectivity index (χ0v) is 11.1. The summed E-state index contributed by atoms with van der Waals surface area (Å²) in [6, 6.07) is 0.242. The molecule has 3 heteroatoms. The van der Waals surface area contributed by atoms with Gasteiger partial charge in [-0.25, -0.2) is 0 Å². The number of rotatable bonds is 5. The first-order chi connectivity index (χ1) is 7.57. The highest BCUT2D eigenvalue weighted by Crippen LogP contribution is 2.29. The Kier molecular flexibility index (Phi) is 5.73. The predicted molar refractivity (Wildman–Crippen MR) is 68.6 cm³/mol. The van der Waals surface area contributed by atoms with Crippen LogP contribution in [0.5, 0.6) is 0 Å². The van der Waals surface area contributed by atoms with E-state index in [-0.39, 0.29) is 12.6 Å². The van der Waals surface area contributed by atoms with E-state index < -0.39 is 0 Å². The molecule has 1 rings (SSSR count). The lowest BCUT2D eigenvalue weighted by molar-refractivity contribution is 0.181. The first kappa shape index (κ1) is 13.9. The highest BCUT2D eigenvalue weighted by molar-refractivity contribution is 4.79. The molecule has 0 spiro atoms. The zero-order chi connectivity index (χ0) is 12.0. The molecular weight excluding hydrogens is 200 g/mol. The number of aliphatic hydroxyl groups excluding tert-OH is 1. The topological polar surface area (TPSA) is 35.5 Å². The van der Waals surface area contributed by atoms with Crippen LogP contribution in [-0.2, 0) is 0 Å². The van der Waals surface area contributed by atoms with Gasteiger partial charge in [-0.3, -0.25) is 0 Å². The number of hydrogen-bond acceptors (Lipinski definition) is 3. The van der Waals surface area contributed by atoms with Gasteiger partial charge in [-0.1, -0.05) is 20.8 Å². The van der Waals surface area contributed by atoms with E-state index >= 15 is 0 Å². The molecule has 0 aromatic carbocycles. The zero-order valence-electron chi connectivity index (χ0n) is 11.1. The number of likely N-dealkylation sites (tertiary alicyclic amines) is 1. The van der Waals surface area contributed by atoms with Crippen molar-refractivity contribution in [3.05, 3.63) is 0 Å².